The van der Waals surface area contributed by atoms with E-state index in [4.69, 9.17) is 5.73 Å². The van der Waals surface area contributed by atoms with Gasteiger partial charge in [-0.1, -0.05) is 47.7 Å². The molecule has 2 N–H and O–H groups in total. The van der Waals surface area contributed by atoms with Gasteiger partial charge in [0.05, 0.1) is 17.2 Å². The van der Waals surface area contributed by atoms with Gasteiger partial charge in [0.2, 0.25) is 5.91 Å². The lowest BCUT2D eigenvalue weighted by atomic mass is 10.1. The normalized spacial score (nSPS) is 11.3. The fraction of sp³-hybridized carbons (Fsp3) is 0.105. The van der Waals surface area contributed by atoms with Crippen LogP contribution in [0.2, 0.25) is 0 Å². The van der Waals surface area contributed by atoms with Gasteiger partial charge in [0.15, 0.2) is 0 Å². The zero-order chi connectivity index (χ0) is 19.2. The first-order valence-corrected chi connectivity index (χ1v) is 8.19. The quantitative estimate of drug-likeness (QED) is 0.393. The van der Waals surface area contributed by atoms with Crippen LogP contribution in [-0.2, 0) is 17.8 Å². The summed E-state index contributed by atoms with van der Waals surface area (Å²) in [6.07, 6.45) is 3.67. The number of carbonyl (C=O) groups is 1. The number of nitrogens with zero attached hydrogens (tertiary/aromatic N) is 4. The molecule has 0 bridgehead atoms. The molecule has 1 amide bonds. The second-order valence-electron chi connectivity index (χ2n) is 5.96. The van der Waals surface area contributed by atoms with Crippen molar-refractivity contribution < 1.29 is 9.72 Å². The number of benzene rings is 2. The fourth-order valence-corrected chi connectivity index (χ4v) is 2.61. The lowest BCUT2D eigenvalue weighted by Crippen LogP contribution is -2.15. The molecule has 1 heterocycles. The van der Waals surface area contributed by atoms with Gasteiger partial charge < -0.3 is 5.73 Å². The molecule has 8 nitrogen and oxygen atoms in total. The summed E-state index contributed by atoms with van der Waals surface area (Å²) in [6.45, 7) is 0.336. The number of aromatic nitrogens is 3. The minimum Gasteiger partial charge on any atom is -0.366 e. The van der Waals surface area contributed by atoms with Crippen LogP contribution in [0.15, 0.2) is 66.4 Å². The van der Waals surface area contributed by atoms with Crippen molar-refractivity contribution in [2.45, 2.75) is 13.0 Å². The summed E-state index contributed by atoms with van der Waals surface area (Å²) in [7, 11) is 0. The second kappa shape index (κ2) is 8.05. The molecule has 0 saturated carbocycles. The summed E-state index contributed by atoms with van der Waals surface area (Å²) < 4.78 is 1.57. The number of rotatable bonds is 7. The summed E-state index contributed by atoms with van der Waals surface area (Å²) in [5, 5.41) is 19.0. The van der Waals surface area contributed by atoms with E-state index < -0.39 is 10.8 Å². The number of non-ortho nitro benzene ring substituents is 1. The highest BCUT2D eigenvalue weighted by Crippen LogP contribution is 2.15. The first-order chi connectivity index (χ1) is 13.0. The molecule has 0 fully saturated rings. The maximum absolute atomic E-state index is 11.7. The number of primary amides is 1. The molecule has 136 valence electrons. The highest BCUT2D eigenvalue weighted by Gasteiger charge is 2.11. The summed E-state index contributed by atoms with van der Waals surface area (Å²) in [5.74, 6) is -0.521. The van der Waals surface area contributed by atoms with Crippen LogP contribution in [0.25, 0.3) is 6.08 Å². The van der Waals surface area contributed by atoms with Gasteiger partial charge in [-0.15, -0.1) is 5.10 Å². The van der Waals surface area contributed by atoms with Crippen LogP contribution in [-0.4, -0.2) is 25.8 Å². The van der Waals surface area contributed by atoms with E-state index in [9.17, 15) is 14.9 Å². The van der Waals surface area contributed by atoms with E-state index in [0.29, 0.717) is 17.8 Å². The Kier molecular flexibility index (Phi) is 5.36. The number of hydrogen-bond acceptors (Lipinski definition) is 5. The first kappa shape index (κ1) is 18.0. The molecule has 0 atom stereocenters. The molecule has 27 heavy (non-hydrogen) atoms. The monoisotopic (exact) mass is 363 g/mol. The zero-order valence-corrected chi connectivity index (χ0v) is 14.4. The molecule has 0 spiro atoms. The molecule has 1 aromatic heterocycles. The van der Waals surface area contributed by atoms with Crippen LogP contribution in [0.5, 0.6) is 0 Å². The number of carbonyl (C=O) groups excluding carboxylic acids is 1. The second-order valence-corrected chi connectivity index (χ2v) is 5.96. The van der Waals surface area contributed by atoms with Gasteiger partial charge in [0.1, 0.15) is 0 Å². The molecule has 3 aromatic rings. The zero-order valence-electron chi connectivity index (χ0n) is 14.4. The van der Waals surface area contributed by atoms with Crippen molar-refractivity contribution in [2.75, 3.05) is 0 Å². The average Bonchev–Trinajstić information content (AvgIpc) is 3.09. The molecule has 0 saturated heterocycles. The smallest absolute Gasteiger partial charge is 0.269 e. The molecule has 8 heteroatoms. The molecule has 0 unspecified atom stereocenters. The Morgan fingerprint density at radius 3 is 2.67 bits per heavy atom. The third-order valence-corrected chi connectivity index (χ3v) is 3.88. The van der Waals surface area contributed by atoms with Crippen molar-refractivity contribution in [2.24, 2.45) is 5.73 Å². The van der Waals surface area contributed by atoms with Gasteiger partial charge in [-0.05, 0) is 17.2 Å². The third-order valence-electron chi connectivity index (χ3n) is 3.88. The lowest BCUT2D eigenvalue weighted by molar-refractivity contribution is -0.384. The van der Waals surface area contributed by atoms with Crippen molar-refractivity contribution in [1.82, 2.24) is 15.0 Å². The molecule has 3 rings (SSSR count). The van der Waals surface area contributed by atoms with Gasteiger partial charge in [-0.2, -0.15) is 0 Å². The van der Waals surface area contributed by atoms with E-state index >= 15 is 0 Å². The van der Waals surface area contributed by atoms with E-state index in [1.807, 2.05) is 30.3 Å². The van der Waals surface area contributed by atoms with Gasteiger partial charge in [0, 0.05) is 30.3 Å². The highest BCUT2D eigenvalue weighted by molar-refractivity contribution is 5.96. The Morgan fingerprint density at radius 1 is 1.19 bits per heavy atom. The number of hydrogen-bond donors (Lipinski definition) is 1. The largest absolute Gasteiger partial charge is 0.366 e. The SMILES string of the molecule is NC(=O)C(=Cc1ccccc1)Cc1cn(Cc2cccc([N+](=O)[O-])c2)nn1. The van der Waals surface area contributed by atoms with Gasteiger partial charge in [0.25, 0.3) is 5.69 Å². The molecule has 0 radical (unpaired) electrons. The van der Waals surface area contributed by atoms with Crippen LogP contribution in [0.4, 0.5) is 5.69 Å². The van der Waals surface area contributed by atoms with Crippen molar-refractivity contribution in [3.8, 4) is 0 Å². The Morgan fingerprint density at radius 2 is 1.96 bits per heavy atom. The Hall–Kier alpha value is -3.81. The molecular formula is C19H17N5O3. The first-order valence-electron chi connectivity index (χ1n) is 8.19. The van der Waals surface area contributed by atoms with E-state index in [0.717, 1.165) is 11.1 Å². The molecule has 2 aromatic carbocycles. The maximum atomic E-state index is 11.7. The minimum absolute atomic E-state index is 0.0228. The van der Waals surface area contributed by atoms with Gasteiger partial charge in [-0.25, -0.2) is 4.68 Å². The lowest BCUT2D eigenvalue weighted by Gasteiger charge is -2.02. The van der Waals surface area contributed by atoms with E-state index in [-0.39, 0.29) is 12.1 Å². The number of nitro groups is 1. The maximum Gasteiger partial charge on any atom is 0.269 e. The Balaban J connectivity index is 1.75. The van der Waals surface area contributed by atoms with Crippen LogP contribution >= 0.6 is 0 Å². The average molecular weight is 363 g/mol. The number of amides is 1. The molecular weight excluding hydrogens is 346 g/mol. The summed E-state index contributed by atoms with van der Waals surface area (Å²) in [5.41, 5.74) is 8.11. The number of nitrogens with two attached hydrogens (primary N) is 1. The highest BCUT2D eigenvalue weighted by atomic mass is 16.6. The van der Waals surface area contributed by atoms with Crippen LogP contribution < -0.4 is 5.73 Å². The van der Waals surface area contributed by atoms with E-state index in [2.05, 4.69) is 10.3 Å². The van der Waals surface area contributed by atoms with E-state index in [1.54, 1.807) is 29.1 Å². The third kappa shape index (κ3) is 4.85. The summed E-state index contributed by atoms with van der Waals surface area (Å²) in [4.78, 5) is 22.2. The summed E-state index contributed by atoms with van der Waals surface area (Å²) >= 11 is 0. The fourth-order valence-electron chi connectivity index (χ4n) is 2.61. The molecule has 0 aliphatic rings. The van der Waals surface area contributed by atoms with Crippen molar-refractivity contribution >= 4 is 17.7 Å². The predicted octanol–water partition coefficient (Wildman–Crippen LogP) is 2.35. The van der Waals surface area contributed by atoms with Crippen molar-refractivity contribution in [1.29, 1.82) is 0 Å². The van der Waals surface area contributed by atoms with Crippen LogP contribution in [0.3, 0.4) is 0 Å². The van der Waals surface area contributed by atoms with Crippen LogP contribution in [0.1, 0.15) is 16.8 Å². The van der Waals surface area contributed by atoms with Crippen LogP contribution in [0, 0.1) is 10.1 Å². The summed E-state index contributed by atoms with van der Waals surface area (Å²) in [6, 6.07) is 15.7. The topological polar surface area (TPSA) is 117 Å². The standard InChI is InChI=1S/C19H17N5O3/c20-19(25)16(9-14-5-2-1-3-6-14)11-17-13-23(22-21-17)12-15-7-4-8-18(10-15)24(26)27/h1-10,13H,11-12H2,(H2,20,25). The Labute approximate surface area is 155 Å². The van der Waals surface area contributed by atoms with Crippen molar-refractivity contribution in [3.63, 3.8) is 0 Å². The molecule has 0 aliphatic carbocycles. The van der Waals surface area contributed by atoms with Gasteiger partial charge >= 0.3 is 0 Å². The Bertz CT molecular complexity index is 995. The molecule has 0 aliphatic heterocycles. The van der Waals surface area contributed by atoms with Crippen molar-refractivity contribution in [3.05, 3.63) is 93.3 Å². The minimum atomic E-state index is -0.521. The predicted molar refractivity (Wildman–Crippen MR) is 99.5 cm³/mol. The van der Waals surface area contributed by atoms with E-state index in [1.165, 1.54) is 12.1 Å². The number of nitro benzene ring substituents is 1. The van der Waals surface area contributed by atoms with Gasteiger partial charge in [-0.3, -0.25) is 14.9 Å².